The molecule has 5 nitrogen and oxygen atoms in total. The van der Waals surface area contributed by atoms with Gasteiger partial charge in [0.1, 0.15) is 12.6 Å². The van der Waals surface area contributed by atoms with Crippen molar-refractivity contribution in [3.8, 4) is 0 Å². The quantitative estimate of drug-likeness (QED) is 0.691. The zero-order chi connectivity index (χ0) is 16.7. The third-order valence-corrected chi connectivity index (χ3v) is 4.18. The van der Waals surface area contributed by atoms with Gasteiger partial charge in [-0.1, -0.05) is 30.3 Å². The first kappa shape index (κ1) is 17.6. The number of ketones is 1. The van der Waals surface area contributed by atoms with Crippen LogP contribution in [0.3, 0.4) is 0 Å². The van der Waals surface area contributed by atoms with Crippen molar-refractivity contribution >= 4 is 11.7 Å². The number of amides is 1. The molecular formula is C18H25NO4. The number of rotatable bonds is 8. The minimum absolute atomic E-state index is 0.0873. The van der Waals surface area contributed by atoms with Gasteiger partial charge in [0.25, 0.3) is 0 Å². The molecule has 0 radical (unpaired) electrons. The van der Waals surface area contributed by atoms with E-state index in [1.807, 2.05) is 35.2 Å². The van der Waals surface area contributed by atoms with E-state index in [4.69, 9.17) is 9.47 Å². The van der Waals surface area contributed by atoms with Crippen LogP contribution in [0.15, 0.2) is 30.3 Å². The maximum Gasteiger partial charge on any atom is 0.223 e. The Balaban J connectivity index is 2.14. The summed E-state index contributed by atoms with van der Waals surface area (Å²) in [5, 5.41) is 0. The Morgan fingerprint density at radius 3 is 2.70 bits per heavy atom. The zero-order valence-corrected chi connectivity index (χ0v) is 13.9. The van der Waals surface area contributed by atoms with Crippen LogP contribution < -0.4 is 0 Å². The summed E-state index contributed by atoms with van der Waals surface area (Å²) < 4.78 is 10.8. The van der Waals surface area contributed by atoms with Crippen LogP contribution in [0.4, 0.5) is 0 Å². The van der Waals surface area contributed by atoms with Gasteiger partial charge in [-0.3, -0.25) is 4.79 Å². The van der Waals surface area contributed by atoms with E-state index in [1.54, 1.807) is 14.0 Å². The van der Waals surface area contributed by atoms with Crippen LogP contribution in [0.1, 0.15) is 38.2 Å². The number of benzene rings is 1. The lowest BCUT2D eigenvalue weighted by molar-refractivity contribution is -0.155. The van der Waals surface area contributed by atoms with Crippen LogP contribution in [0.25, 0.3) is 0 Å². The number of carbonyl (C=O) groups is 2. The molecule has 1 heterocycles. The molecule has 0 N–H and O–H groups in total. The Morgan fingerprint density at radius 2 is 2.04 bits per heavy atom. The van der Waals surface area contributed by atoms with E-state index in [1.165, 1.54) is 0 Å². The van der Waals surface area contributed by atoms with Crippen molar-refractivity contribution in [1.82, 2.24) is 4.90 Å². The van der Waals surface area contributed by atoms with E-state index in [0.29, 0.717) is 32.2 Å². The van der Waals surface area contributed by atoms with Crippen molar-refractivity contribution in [2.45, 2.75) is 51.3 Å². The summed E-state index contributed by atoms with van der Waals surface area (Å²) in [5.41, 5.74) is 1.08. The van der Waals surface area contributed by atoms with Crippen LogP contribution >= 0.6 is 0 Å². The van der Waals surface area contributed by atoms with E-state index in [2.05, 4.69) is 0 Å². The first-order valence-electron chi connectivity index (χ1n) is 8.05. The first-order valence-corrected chi connectivity index (χ1v) is 8.05. The van der Waals surface area contributed by atoms with Gasteiger partial charge in [0.15, 0.2) is 0 Å². The largest absolute Gasteiger partial charge is 0.359 e. The van der Waals surface area contributed by atoms with Gasteiger partial charge in [0.2, 0.25) is 5.91 Å². The number of nitrogens with zero attached hydrogens (tertiary/aromatic N) is 1. The minimum Gasteiger partial charge on any atom is -0.359 e. The summed E-state index contributed by atoms with van der Waals surface area (Å²) in [6.45, 7) is 2.33. The highest BCUT2D eigenvalue weighted by molar-refractivity contribution is 5.78. The van der Waals surface area contributed by atoms with Gasteiger partial charge >= 0.3 is 0 Å². The molecule has 0 unspecified atom stereocenters. The lowest BCUT2D eigenvalue weighted by Crippen LogP contribution is -2.52. The third-order valence-electron chi connectivity index (χ3n) is 4.18. The molecule has 0 saturated carbocycles. The number of hydrogen-bond donors (Lipinski definition) is 0. The molecule has 1 aromatic rings. The highest BCUT2D eigenvalue weighted by Crippen LogP contribution is 2.27. The van der Waals surface area contributed by atoms with Crippen molar-refractivity contribution < 1.29 is 19.1 Å². The smallest absolute Gasteiger partial charge is 0.223 e. The average Bonchev–Trinajstić information content (AvgIpc) is 2.55. The fourth-order valence-electron chi connectivity index (χ4n) is 3.02. The molecule has 1 saturated heterocycles. The van der Waals surface area contributed by atoms with E-state index in [9.17, 15) is 9.59 Å². The normalized spacial score (nSPS) is 21.5. The predicted octanol–water partition coefficient (Wildman–Crippen LogP) is 2.54. The second kappa shape index (κ2) is 8.79. The number of piperidine rings is 1. The van der Waals surface area contributed by atoms with Crippen LogP contribution in [-0.4, -0.2) is 42.6 Å². The topological polar surface area (TPSA) is 55.8 Å². The first-order chi connectivity index (χ1) is 11.1. The summed E-state index contributed by atoms with van der Waals surface area (Å²) in [6.07, 6.45) is 2.14. The minimum atomic E-state index is -0.0875. The Kier molecular flexibility index (Phi) is 6.74. The molecule has 0 spiro atoms. The van der Waals surface area contributed by atoms with Gasteiger partial charge in [-0.2, -0.15) is 0 Å². The Bertz CT molecular complexity index is 517. The second-order valence-electron chi connectivity index (χ2n) is 5.97. The average molecular weight is 319 g/mol. The second-order valence-corrected chi connectivity index (χ2v) is 5.97. The van der Waals surface area contributed by atoms with E-state index in [0.717, 1.165) is 5.56 Å². The molecule has 1 amide bonds. The van der Waals surface area contributed by atoms with Crippen LogP contribution in [0.5, 0.6) is 0 Å². The van der Waals surface area contributed by atoms with Crippen LogP contribution in [0.2, 0.25) is 0 Å². The van der Waals surface area contributed by atoms with Crippen LogP contribution in [0, 0.1) is 0 Å². The summed E-state index contributed by atoms with van der Waals surface area (Å²) in [4.78, 5) is 25.7. The Hall–Kier alpha value is -1.72. The third kappa shape index (κ3) is 5.15. The summed E-state index contributed by atoms with van der Waals surface area (Å²) >= 11 is 0. The summed E-state index contributed by atoms with van der Waals surface area (Å²) in [6, 6.07) is 9.82. The molecule has 2 rings (SSSR count). The van der Waals surface area contributed by atoms with E-state index < -0.39 is 0 Å². The molecule has 126 valence electrons. The van der Waals surface area contributed by atoms with Gasteiger partial charge < -0.3 is 19.2 Å². The number of methoxy groups -OCH3 is 1. The molecule has 0 aromatic heterocycles. The zero-order valence-electron chi connectivity index (χ0n) is 13.9. The molecule has 1 fully saturated rings. The Morgan fingerprint density at radius 1 is 1.30 bits per heavy atom. The Labute approximate surface area is 137 Å². The molecule has 2 atom stereocenters. The number of Topliss-reactive ketones (excluding diaryl/α,β-unsaturated/α-hetero) is 1. The van der Waals surface area contributed by atoms with Gasteiger partial charge in [-0.25, -0.2) is 0 Å². The molecule has 0 aliphatic carbocycles. The van der Waals surface area contributed by atoms with Crippen molar-refractivity contribution in [3.05, 3.63) is 35.9 Å². The summed E-state index contributed by atoms with van der Waals surface area (Å²) in [7, 11) is 1.58. The highest BCUT2D eigenvalue weighted by Gasteiger charge is 2.36. The van der Waals surface area contributed by atoms with Gasteiger partial charge in [0, 0.05) is 26.5 Å². The predicted molar refractivity (Wildman–Crippen MR) is 86.7 cm³/mol. The fourth-order valence-corrected chi connectivity index (χ4v) is 3.02. The fraction of sp³-hybridized carbons (Fsp3) is 0.556. The number of carbonyl (C=O) groups excluding carboxylic acids is 2. The molecular weight excluding hydrogens is 294 g/mol. The molecule has 0 bridgehead atoms. The SMILES string of the molecule is COCO[C@@H]1CCC(=O)N(Cc2ccccc2)[C@@H]1CCC(C)=O. The van der Waals surface area contributed by atoms with Gasteiger partial charge in [-0.15, -0.1) is 0 Å². The lowest BCUT2D eigenvalue weighted by atomic mass is 9.93. The van der Waals surface area contributed by atoms with Crippen molar-refractivity contribution in [1.29, 1.82) is 0 Å². The van der Waals surface area contributed by atoms with Crippen molar-refractivity contribution in [2.24, 2.45) is 0 Å². The number of ether oxygens (including phenoxy) is 2. The van der Waals surface area contributed by atoms with Gasteiger partial charge in [0.05, 0.1) is 12.1 Å². The maximum absolute atomic E-state index is 12.4. The number of likely N-dealkylation sites (tertiary alicyclic amines) is 1. The standard InChI is InChI=1S/C18H25NO4/c1-14(20)8-9-16-17(23-13-22-2)10-11-18(21)19(16)12-15-6-4-3-5-7-15/h3-7,16-17H,8-13H2,1-2H3/t16-,17-/m1/s1. The maximum atomic E-state index is 12.4. The molecule has 1 aliphatic heterocycles. The van der Waals surface area contributed by atoms with Gasteiger partial charge in [-0.05, 0) is 25.3 Å². The highest BCUT2D eigenvalue weighted by atomic mass is 16.7. The summed E-state index contributed by atoms with van der Waals surface area (Å²) in [5.74, 6) is 0.257. The van der Waals surface area contributed by atoms with E-state index in [-0.39, 0.29) is 30.6 Å². The number of hydrogen-bond acceptors (Lipinski definition) is 4. The molecule has 5 heteroatoms. The molecule has 23 heavy (non-hydrogen) atoms. The molecule has 1 aromatic carbocycles. The monoisotopic (exact) mass is 319 g/mol. The van der Waals surface area contributed by atoms with Crippen molar-refractivity contribution in [3.63, 3.8) is 0 Å². The van der Waals surface area contributed by atoms with Crippen LogP contribution in [-0.2, 0) is 25.6 Å². The van der Waals surface area contributed by atoms with E-state index >= 15 is 0 Å². The van der Waals surface area contributed by atoms with Crippen molar-refractivity contribution in [2.75, 3.05) is 13.9 Å². The lowest BCUT2D eigenvalue weighted by Gasteiger charge is -2.41. The molecule has 1 aliphatic rings.